The third-order valence-electron chi connectivity index (χ3n) is 4.20. The van der Waals surface area contributed by atoms with Gasteiger partial charge < -0.3 is 14.1 Å². The maximum Gasteiger partial charge on any atom is 0.251 e. The highest BCUT2D eigenvalue weighted by Crippen LogP contribution is 2.15. The number of carbonyl (C=O) groups is 1. The highest BCUT2D eigenvalue weighted by molar-refractivity contribution is 5.55. The van der Waals surface area contributed by atoms with Gasteiger partial charge in [-0.1, -0.05) is 19.9 Å². The smallest absolute Gasteiger partial charge is 0.251 e. The molecule has 1 aromatic rings. The van der Waals surface area contributed by atoms with E-state index in [4.69, 9.17) is 4.74 Å². The number of ether oxygens (including phenoxy) is 1. The molecule has 1 aliphatic rings. The summed E-state index contributed by atoms with van der Waals surface area (Å²) in [5, 5.41) is 0. The summed E-state index contributed by atoms with van der Waals surface area (Å²) in [4.78, 5) is 25.7. The van der Waals surface area contributed by atoms with Gasteiger partial charge in [-0.05, 0) is 24.3 Å². The number of nitrogens with zero attached hydrogens (tertiary/aromatic N) is 2. The van der Waals surface area contributed by atoms with Gasteiger partial charge in [0.15, 0.2) is 0 Å². The molecule has 1 aliphatic heterocycles. The third-order valence-corrected chi connectivity index (χ3v) is 4.20. The molecule has 1 unspecified atom stereocenters. The Hall–Kier alpha value is -1.46. The largest absolute Gasteiger partial charge is 0.379 e. The number of hydrogen-bond acceptors (Lipinski definition) is 4. The molecule has 22 heavy (non-hydrogen) atoms. The Bertz CT molecular complexity index is 547. The van der Waals surface area contributed by atoms with Crippen molar-refractivity contribution in [1.29, 1.82) is 0 Å². The zero-order valence-corrected chi connectivity index (χ0v) is 13.7. The Labute approximate surface area is 131 Å². The minimum Gasteiger partial charge on any atom is -0.379 e. The molecule has 5 nitrogen and oxygen atoms in total. The summed E-state index contributed by atoms with van der Waals surface area (Å²) in [6.45, 7) is 7.01. The van der Waals surface area contributed by atoms with E-state index in [1.165, 1.54) is 0 Å². The quantitative estimate of drug-likeness (QED) is 0.683. The van der Waals surface area contributed by atoms with Crippen LogP contribution in [0.3, 0.4) is 0 Å². The number of aromatic nitrogens is 1. The van der Waals surface area contributed by atoms with Gasteiger partial charge in [0, 0.05) is 39.0 Å². The van der Waals surface area contributed by atoms with E-state index in [0.29, 0.717) is 18.4 Å². The highest BCUT2D eigenvalue weighted by Gasteiger charge is 2.25. The summed E-state index contributed by atoms with van der Waals surface area (Å²) >= 11 is 0. The lowest BCUT2D eigenvalue weighted by molar-refractivity contribution is -0.111. The first-order valence-electron chi connectivity index (χ1n) is 7.95. The Morgan fingerprint density at radius 3 is 2.68 bits per heavy atom. The van der Waals surface area contributed by atoms with Gasteiger partial charge in [0.25, 0.3) is 5.56 Å². The second-order valence-corrected chi connectivity index (χ2v) is 6.48. The summed E-state index contributed by atoms with van der Waals surface area (Å²) in [6.07, 6.45) is 4.65. The van der Waals surface area contributed by atoms with Gasteiger partial charge in [-0.15, -0.1) is 0 Å². The molecule has 1 saturated heterocycles. The van der Waals surface area contributed by atoms with Crippen LogP contribution < -0.4 is 5.56 Å². The minimum atomic E-state index is -0.366. The maximum atomic E-state index is 12.0. The van der Waals surface area contributed by atoms with Crippen LogP contribution in [0.15, 0.2) is 23.1 Å². The molecule has 0 amide bonds. The molecular formula is C17H26N2O3. The van der Waals surface area contributed by atoms with Crippen LogP contribution in [0.1, 0.15) is 31.9 Å². The molecule has 0 bridgehead atoms. The van der Waals surface area contributed by atoms with E-state index in [9.17, 15) is 9.59 Å². The van der Waals surface area contributed by atoms with Crippen molar-refractivity contribution in [2.24, 2.45) is 5.92 Å². The monoisotopic (exact) mass is 306 g/mol. The van der Waals surface area contributed by atoms with Gasteiger partial charge in [0.1, 0.15) is 6.29 Å². The van der Waals surface area contributed by atoms with Crippen LogP contribution in [-0.2, 0) is 16.0 Å². The van der Waals surface area contributed by atoms with Gasteiger partial charge in [0.2, 0.25) is 0 Å². The summed E-state index contributed by atoms with van der Waals surface area (Å²) in [5.41, 5.74) is 0.987. The first kappa shape index (κ1) is 16.9. The Morgan fingerprint density at radius 2 is 2.09 bits per heavy atom. The van der Waals surface area contributed by atoms with Crippen LogP contribution >= 0.6 is 0 Å². The van der Waals surface area contributed by atoms with E-state index < -0.39 is 0 Å². The summed E-state index contributed by atoms with van der Waals surface area (Å²) < 4.78 is 6.84. The van der Waals surface area contributed by atoms with Gasteiger partial charge in [-0.3, -0.25) is 9.69 Å². The zero-order chi connectivity index (χ0) is 16.1. The Kier molecular flexibility index (Phi) is 5.91. The second kappa shape index (κ2) is 7.70. The second-order valence-electron chi connectivity index (χ2n) is 6.48. The lowest BCUT2D eigenvalue weighted by atomic mass is 10.0. The predicted molar refractivity (Wildman–Crippen MR) is 86.2 cm³/mol. The Balaban J connectivity index is 2.00. The van der Waals surface area contributed by atoms with Crippen molar-refractivity contribution < 1.29 is 9.53 Å². The topological polar surface area (TPSA) is 51.5 Å². The van der Waals surface area contributed by atoms with Gasteiger partial charge in [-0.25, -0.2) is 0 Å². The molecule has 0 radical (unpaired) electrons. The molecule has 0 aromatic carbocycles. The van der Waals surface area contributed by atoms with Crippen LogP contribution in [0.25, 0.3) is 0 Å². The highest BCUT2D eigenvalue weighted by atomic mass is 16.5. The maximum absolute atomic E-state index is 12.0. The molecule has 2 rings (SSSR count). The predicted octanol–water partition coefficient (Wildman–Crippen LogP) is 1.51. The third kappa shape index (κ3) is 4.27. The lowest BCUT2D eigenvalue weighted by Gasteiger charge is -2.38. The summed E-state index contributed by atoms with van der Waals surface area (Å²) in [5.74, 6) is 0.373. The van der Waals surface area contributed by atoms with E-state index in [1.54, 1.807) is 17.7 Å². The van der Waals surface area contributed by atoms with Crippen molar-refractivity contribution >= 4 is 6.29 Å². The lowest BCUT2D eigenvalue weighted by Crippen LogP contribution is -2.52. The van der Waals surface area contributed by atoms with Crippen molar-refractivity contribution in [2.75, 3.05) is 26.7 Å². The van der Waals surface area contributed by atoms with Crippen LogP contribution in [0.4, 0.5) is 0 Å². The SMILES string of the molecule is COC1CN(CCc2ccc(=O)n(C(C=O)CC(C)C)c2)C1. The number of methoxy groups -OCH3 is 1. The zero-order valence-electron chi connectivity index (χ0n) is 13.7. The molecule has 2 heterocycles. The number of rotatable bonds is 8. The molecule has 0 aliphatic carbocycles. The molecule has 1 aromatic heterocycles. The standard InChI is InChI=1S/C17H26N2O3/c1-13(2)8-15(12-20)19-9-14(4-5-17(19)21)6-7-18-10-16(11-18)22-3/h4-5,9,12-13,15-16H,6-8,10-11H2,1-3H3. The van der Waals surface area contributed by atoms with Gasteiger partial charge in [-0.2, -0.15) is 0 Å². The first-order valence-corrected chi connectivity index (χ1v) is 7.95. The number of hydrogen-bond donors (Lipinski definition) is 0. The number of likely N-dealkylation sites (tertiary alicyclic amines) is 1. The fraction of sp³-hybridized carbons (Fsp3) is 0.647. The van der Waals surface area contributed by atoms with Crippen LogP contribution in [0.5, 0.6) is 0 Å². The number of pyridine rings is 1. The number of carbonyl (C=O) groups excluding carboxylic acids is 1. The summed E-state index contributed by atoms with van der Waals surface area (Å²) in [7, 11) is 1.74. The van der Waals surface area contributed by atoms with E-state index in [0.717, 1.165) is 37.9 Å². The molecule has 1 atom stereocenters. The molecule has 122 valence electrons. The molecule has 5 heteroatoms. The molecular weight excluding hydrogens is 280 g/mol. The Morgan fingerprint density at radius 1 is 1.36 bits per heavy atom. The fourth-order valence-corrected chi connectivity index (χ4v) is 2.82. The normalized spacial score (nSPS) is 17.5. The summed E-state index contributed by atoms with van der Waals surface area (Å²) in [6, 6.07) is 3.07. The van der Waals surface area contributed by atoms with Crippen LogP contribution in [-0.4, -0.2) is 48.6 Å². The van der Waals surface area contributed by atoms with Crippen molar-refractivity contribution in [3.63, 3.8) is 0 Å². The van der Waals surface area contributed by atoms with E-state index in [2.05, 4.69) is 18.7 Å². The van der Waals surface area contributed by atoms with Crippen LogP contribution in [0.2, 0.25) is 0 Å². The molecule has 0 saturated carbocycles. The van der Waals surface area contributed by atoms with Crippen molar-refractivity contribution in [3.8, 4) is 0 Å². The van der Waals surface area contributed by atoms with E-state index >= 15 is 0 Å². The van der Waals surface area contributed by atoms with Crippen molar-refractivity contribution in [2.45, 2.75) is 38.8 Å². The molecule has 0 N–H and O–H groups in total. The van der Waals surface area contributed by atoms with Crippen molar-refractivity contribution in [3.05, 3.63) is 34.2 Å². The van der Waals surface area contributed by atoms with Gasteiger partial charge in [0.05, 0.1) is 12.1 Å². The average molecular weight is 306 g/mol. The molecule has 1 fully saturated rings. The van der Waals surface area contributed by atoms with Crippen molar-refractivity contribution in [1.82, 2.24) is 9.47 Å². The number of aldehydes is 1. The average Bonchev–Trinajstić information content (AvgIpc) is 2.45. The fourth-order valence-electron chi connectivity index (χ4n) is 2.82. The van der Waals surface area contributed by atoms with Crippen LogP contribution in [0, 0.1) is 5.92 Å². The first-order chi connectivity index (χ1) is 10.5. The van der Waals surface area contributed by atoms with E-state index in [-0.39, 0.29) is 11.6 Å². The van der Waals surface area contributed by atoms with E-state index in [1.807, 2.05) is 12.3 Å². The van der Waals surface area contributed by atoms with Gasteiger partial charge >= 0.3 is 0 Å². The minimum absolute atomic E-state index is 0.107. The molecule has 0 spiro atoms.